The van der Waals surface area contributed by atoms with E-state index in [1.165, 1.54) is 13.8 Å². The number of hydrogen-bond acceptors (Lipinski definition) is 4. The lowest BCUT2D eigenvalue weighted by Gasteiger charge is -2.12. The molecule has 0 aliphatic rings. The minimum absolute atomic E-state index is 0.00807. The van der Waals surface area contributed by atoms with Crippen LogP contribution in [0.2, 0.25) is 0 Å². The number of carbonyl (C=O) groups is 1. The molecular formula is C12H17FN2O4S. The van der Waals surface area contributed by atoms with Crippen LogP contribution in [-0.2, 0) is 19.6 Å². The third-order valence-corrected chi connectivity index (χ3v) is 4.24. The second kappa shape index (κ2) is 6.78. The third kappa shape index (κ3) is 4.55. The molecule has 0 bridgehead atoms. The van der Waals surface area contributed by atoms with Gasteiger partial charge in [-0.3, -0.25) is 4.79 Å². The summed E-state index contributed by atoms with van der Waals surface area (Å²) in [5, 5.41) is 0. The summed E-state index contributed by atoms with van der Waals surface area (Å²) < 4.78 is 44.5. The molecule has 3 N–H and O–H groups in total. The third-order valence-electron chi connectivity index (χ3n) is 2.48. The van der Waals surface area contributed by atoms with Crippen LogP contribution in [0.5, 0.6) is 0 Å². The number of ether oxygens (including phenoxy) is 1. The van der Waals surface area contributed by atoms with Crippen molar-refractivity contribution in [1.29, 1.82) is 0 Å². The van der Waals surface area contributed by atoms with Gasteiger partial charge in [0.1, 0.15) is 12.4 Å². The predicted molar refractivity (Wildman–Crippen MR) is 71.1 cm³/mol. The quantitative estimate of drug-likeness (QED) is 0.704. The van der Waals surface area contributed by atoms with Crippen molar-refractivity contribution in [2.24, 2.45) is 5.73 Å². The van der Waals surface area contributed by atoms with E-state index in [0.29, 0.717) is 11.1 Å². The van der Waals surface area contributed by atoms with E-state index in [2.05, 4.69) is 4.72 Å². The molecule has 112 valence electrons. The lowest BCUT2D eigenvalue weighted by molar-refractivity contribution is -0.122. The second-order valence-corrected chi connectivity index (χ2v) is 5.99. The number of carbonyl (C=O) groups excluding carboxylic acids is 1. The van der Waals surface area contributed by atoms with Crippen LogP contribution in [0.1, 0.15) is 11.1 Å². The fraction of sp³-hybridized carbons (Fsp3) is 0.417. The molecule has 0 unspecified atom stereocenters. The molecule has 0 heterocycles. The van der Waals surface area contributed by atoms with Crippen LogP contribution in [0.3, 0.4) is 0 Å². The van der Waals surface area contributed by atoms with Gasteiger partial charge in [-0.2, -0.15) is 0 Å². The highest BCUT2D eigenvalue weighted by Gasteiger charge is 2.19. The van der Waals surface area contributed by atoms with Crippen molar-refractivity contribution >= 4 is 15.9 Å². The number of sulfonamides is 1. The van der Waals surface area contributed by atoms with Gasteiger partial charge in [0.15, 0.2) is 0 Å². The van der Waals surface area contributed by atoms with Crippen LogP contribution in [-0.4, -0.2) is 34.1 Å². The summed E-state index contributed by atoms with van der Waals surface area (Å²) in [7, 11) is -3.75. The molecule has 0 saturated heterocycles. The molecule has 8 heteroatoms. The van der Waals surface area contributed by atoms with Gasteiger partial charge in [-0.15, -0.1) is 0 Å². The molecule has 1 aromatic carbocycles. The number of hydrogen-bond donors (Lipinski definition) is 2. The lowest BCUT2D eigenvalue weighted by atomic mass is 10.1. The monoisotopic (exact) mass is 304 g/mol. The number of benzene rings is 1. The Balaban J connectivity index is 2.73. The maximum atomic E-state index is 13.1. The van der Waals surface area contributed by atoms with Gasteiger partial charge in [0.2, 0.25) is 15.9 Å². The first-order chi connectivity index (χ1) is 9.24. The molecule has 0 saturated carbocycles. The van der Waals surface area contributed by atoms with Gasteiger partial charge < -0.3 is 10.5 Å². The van der Waals surface area contributed by atoms with E-state index in [0.717, 1.165) is 12.1 Å². The van der Waals surface area contributed by atoms with Gasteiger partial charge in [0.05, 0.1) is 11.5 Å². The van der Waals surface area contributed by atoms with Gasteiger partial charge >= 0.3 is 0 Å². The molecule has 1 rings (SSSR count). The van der Waals surface area contributed by atoms with Crippen molar-refractivity contribution in [3.05, 3.63) is 29.1 Å². The van der Waals surface area contributed by atoms with Crippen LogP contribution in [0.4, 0.5) is 4.39 Å². The van der Waals surface area contributed by atoms with Gasteiger partial charge in [0, 0.05) is 6.54 Å². The lowest BCUT2D eigenvalue weighted by Crippen LogP contribution is -2.30. The van der Waals surface area contributed by atoms with Gasteiger partial charge in [0.25, 0.3) is 0 Å². The van der Waals surface area contributed by atoms with Crippen molar-refractivity contribution in [2.75, 3.05) is 19.8 Å². The van der Waals surface area contributed by atoms with Crippen molar-refractivity contribution < 1.29 is 22.3 Å². The van der Waals surface area contributed by atoms with Crippen molar-refractivity contribution in [2.45, 2.75) is 18.7 Å². The molecule has 1 amide bonds. The Kier molecular flexibility index (Phi) is 5.61. The summed E-state index contributed by atoms with van der Waals surface area (Å²) >= 11 is 0. The second-order valence-electron chi connectivity index (χ2n) is 4.29. The molecule has 0 radical (unpaired) electrons. The molecule has 0 aliphatic carbocycles. The van der Waals surface area contributed by atoms with Gasteiger partial charge in [-0.1, -0.05) is 0 Å². The molecule has 0 aliphatic heterocycles. The number of primary amides is 1. The molecule has 0 spiro atoms. The fourth-order valence-electron chi connectivity index (χ4n) is 1.81. The van der Waals surface area contributed by atoms with Crippen molar-refractivity contribution in [3.63, 3.8) is 0 Å². The minimum Gasteiger partial charge on any atom is -0.370 e. The molecule has 1 aromatic rings. The number of nitrogens with two attached hydrogens (primary N) is 1. The summed E-state index contributed by atoms with van der Waals surface area (Å²) in [6.45, 7) is 2.78. The van der Waals surface area contributed by atoms with E-state index in [9.17, 15) is 17.6 Å². The van der Waals surface area contributed by atoms with E-state index < -0.39 is 21.7 Å². The summed E-state index contributed by atoms with van der Waals surface area (Å²) in [5.74, 6) is -1.11. The van der Waals surface area contributed by atoms with Crippen LogP contribution in [0.25, 0.3) is 0 Å². The van der Waals surface area contributed by atoms with Crippen LogP contribution >= 0.6 is 0 Å². The number of rotatable bonds is 7. The Bertz CT molecular complexity index is 578. The Labute approximate surface area is 117 Å². The molecule has 6 nitrogen and oxygen atoms in total. The van der Waals surface area contributed by atoms with E-state index in [-0.39, 0.29) is 24.7 Å². The highest BCUT2D eigenvalue weighted by molar-refractivity contribution is 7.89. The Hall–Kier alpha value is -1.51. The van der Waals surface area contributed by atoms with E-state index in [1.54, 1.807) is 0 Å². The molecule has 0 atom stereocenters. The van der Waals surface area contributed by atoms with Crippen LogP contribution in [0.15, 0.2) is 17.0 Å². The first kappa shape index (κ1) is 16.5. The minimum atomic E-state index is -3.75. The maximum Gasteiger partial charge on any atom is 0.243 e. The van der Waals surface area contributed by atoms with E-state index >= 15 is 0 Å². The molecular weight excluding hydrogens is 287 g/mol. The van der Waals surface area contributed by atoms with E-state index in [1.807, 2.05) is 0 Å². The van der Waals surface area contributed by atoms with Crippen molar-refractivity contribution in [1.82, 2.24) is 4.72 Å². The number of halogens is 1. The summed E-state index contributed by atoms with van der Waals surface area (Å²) in [4.78, 5) is 10.5. The maximum absolute atomic E-state index is 13.1. The largest absolute Gasteiger partial charge is 0.370 e. The average Bonchev–Trinajstić information content (AvgIpc) is 2.25. The first-order valence-electron chi connectivity index (χ1n) is 5.86. The zero-order chi connectivity index (χ0) is 15.3. The molecule has 0 fully saturated rings. The van der Waals surface area contributed by atoms with Crippen LogP contribution < -0.4 is 10.5 Å². The predicted octanol–water partition coefficient (Wildman–Crippen LogP) is 0.223. The molecule has 20 heavy (non-hydrogen) atoms. The van der Waals surface area contributed by atoms with E-state index in [4.69, 9.17) is 10.5 Å². The van der Waals surface area contributed by atoms with Gasteiger partial charge in [-0.25, -0.2) is 17.5 Å². The Morgan fingerprint density at radius 2 is 1.90 bits per heavy atom. The smallest absolute Gasteiger partial charge is 0.243 e. The summed E-state index contributed by atoms with van der Waals surface area (Å²) in [6, 6.07) is 2.32. The zero-order valence-electron chi connectivity index (χ0n) is 11.3. The number of amides is 1. The normalized spacial score (nSPS) is 11.6. The fourth-order valence-corrected chi connectivity index (χ4v) is 3.28. The first-order valence-corrected chi connectivity index (χ1v) is 7.35. The number of nitrogens with one attached hydrogen (secondary N) is 1. The standard InChI is InChI=1S/C12H17FN2O4S/c1-8-5-10(13)6-9(2)12(8)20(17,18)15-3-4-19-7-11(14)16/h5-6,15H,3-4,7H2,1-2H3,(H2,14,16). The summed E-state index contributed by atoms with van der Waals surface area (Å²) in [5.41, 5.74) is 5.52. The topological polar surface area (TPSA) is 98.5 Å². The Morgan fingerprint density at radius 3 is 2.40 bits per heavy atom. The van der Waals surface area contributed by atoms with Crippen molar-refractivity contribution in [3.8, 4) is 0 Å². The van der Waals surface area contributed by atoms with Crippen LogP contribution in [0, 0.1) is 19.7 Å². The molecule has 0 aromatic heterocycles. The summed E-state index contributed by atoms with van der Waals surface area (Å²) in [6.07, 6.45) is 0. The zero-order valence-corrected chi connectivity index (χ0v) is 12.1. The average molecular weight is 304 g/mol. The van der Waals surface area contributed by atoms with Gasteiger partial charge in [-0.05, 0) is 37.1 Å². The highest BCUT2D eigenvalue weighted by atomic mass is 32.2. The number of aryl methyl sites for hydroxylation is 2. The highest BCUT2D eigenvalue weighted by Crippen LogP contribution is 2.20. The Morgan fingerprint density at radius 1 is 1.35 bits per heavy atom. The SMILES string of the molecule is Cc1cc(F)cc(C)c1S(=O)(=O)NCCOCC(N)=O.